The number of hydrogen-bond acceptors (Lipinski definition) is 5. The van der Waals surface area contributed by atoms with E-state index in [4.69, 9.17) is 9.47 Å². The van der Waals surface area contributed by atoms with Gasteiger partial charge in [-0.3, -0.25) is 4.79 Å². The van der Waals surface area contributed by atoms with Crippen molar-refractivity contribution in [1.82, 2.24) is 0 Å². The minimum absolute atomic E-state index is 0.394. The van der Waals surface area contributed by atoms with Gasteiger partial charge in [0.15, 0.2) is 0 Å². The molecule has 3 rings (SSSR count). The van der Waals surface area contributed by atoms with E-state index in [9.17, 15) is 14.7 Å². The van der Waals surface area contributed by atoms with Gasteiger partial charge in [0, 0.05) is 23.6 Å². The van der Waals surface area contributed by atoms with Crippen LogP contribution in [0.15, 0.2) is 36.4 Å². The van der Waals surface area contributed by atoms with Crippen LogP contribution >= 0.6 is 0 Å². The first-order valence-electron chi connectivity index (χ1n) is 6.59. The highest BCUT2D eigenvalue weighted by Gasteiger charge is 2.50. The van der Waals surface area contributed by atoms with Gasteiger partial charge in [0.05, 0.1) is 25.2 Å². The number of carbonyl (C=O) groups is 2. The van der Waals surface area contributed by atoms with Gasteiger partial charge in [-0.25, -0.2) is 0 Å². The summed E-state index contributed by atoms with van der Waals surface area (Å²) in [5, 5.41) is 13.9. The van der Waals surface area contributed by atoms with Crippen LogP contribution in [0, 0.1) is 11.8 Å². The van der Waals surface area contributed by atoms with E-state index in [1.54, 1.807) is 36.4 Å². The summed E-state index contributed by atoms with van der Waals surface area (Å²) in [6.45, 7) is 0. The maximum atomic E-state index is 12.4. The molecule has 2 aliphatic rings. The number of hydrogen-bond donors (Lipinski definition) is 1. The second-order valence-corrected chi connectivity index (χ2v) is 5.04. The van der Waals surface area contributed by atoms with E-state index < -0.39 is 35.9 Å². The van der Waals surface area contributed by atoms with Crippen LogP contribution in [-0.2, 0) is 14.3 Å². The first kappa shape index (κ1) is 13.6. The summed E-state index contributed by atoms with van der Waals surface area (Å²) in [5.41, 5.74) is 0.545. The monoisotopic (exact) mass is 288 g/mol. The molecule has 21 heavy (non-hydrogen) atoms. The number of rotatable bonds is 4. The molecule has 1 saturated heterocycles. The highest BCUT2D eigenvalue weighted by Crippen LogP contribution is 2.39. The Labute approximate surface area is 121 Å². The molecule has 0 spiro atoms. The van der Waals surface area contributed by atoms with Crippen molar-refractivity contribution in [2.75, 3.05) is 12.4 Å². The Hall–Kier alpha value is -2.34. The molecule has 2 bridgehead atoms. The SMILES string of the molecule is COc1cccc(NC(=O)[C@@H]2[C@@H](C(=O)[O-])[C@@H]3C=C[C@H]2O3)c1. The first-order chi connectivity index (χ1) is 10.1. The number of fused-ring (bicyclic) bond motifs is 2. The Balaban J connectivity index is 1.78. The van der Waals surface area contributed by atoms with Crippen LogP contribution in [0.1, 0.15) is 0 Å². The summed E-state index contributed by atoms with van der Waals surface area (Å²) < 4.78 is 10.5. The fraction of sp³-hybridized carbons (Fsp3) is 0.333. The zero-order valence-electron chi connectivity index (χ0n) is 11.3. The van der Waals surface area contributed by atoms with Gasteiger partial charge in [0.25, 0.3) is 0 Å². The van der Waals surface area contributed by atoms with E-state index in [-0.39, 0.29) is 0 Å². The molecule has 0 aromatic heterocycles. The van der Waals surface area contributed by atoms with Crippen molar-refractivity contribution in [2.45, 2.75) is 12.2 Å². The average Bonchev–Trinajstić information content (AvgIpc) is 3.07. The van der Waals surface area contributed by atoms with E-state index in [0.717, 1.165) is 0 Å². The summed E-state index contributed by atoms with van der Waals surface area (Å²) in [6, 6.07) is 6.86. The summed E-state index contributed by atoms with van der Waals surface area (Å²) in [4.78, 5) is 23.6. The number of amides is 1. The van der Waals surface area contributed by atoms with Crippen LogP contribution in [0.4, 0.5) is 5.69 Å². The molecule has 6 nitrogen and oxygen atoms in total. The van der Waals surface area contributed by atoms with Crippen LogP contribution in [-0.4, -0.2) is 31.2 Å². The Morgan fingerprint density at radius 2 is 1.95 bits per heavy atom. The minimum Gasteiger partial charge on any atom is -0.550 e. The number of aliphatic carboxylic acids is 1. The van der Waals surface area contributed by atoms with Gasteiger partial charge >= 0.3 is 0 Å². The van der Waals surface area contributed by atoms with E-state index in [2.05, 4.69) is 5.32 Å². The van der Waals surface area contributed by atoms with Crippen molar-refractivity contribution in [1.29, 1.82) is 0 Å². The predicted molar refractivity (Wildman–Crippen MR) is 71.4 cm³/mol. The summed E-state index contributed by atoms with van der Waals surface area (Å²) >= 11 is 0. The summed E-state index contributed by atoms with van der Waals surface area (Å²) in [7, 11) is 1.53. The lowest BCUT2D eigenvalue weighted by Gasteiger charge is -2.25. The highest BCUT2D eigenvalue weighted by atomic mass is 16.5. The molecule has 1 fully saturated rings. The quantitative estimate of drug-likeness (QED) is 0.785. The normalized spacial score (nSPS) is 29.4. The van der Waals surface area contributed by atoms with Gasteiger partial charge in [-0.2, -0.15) is 0 Å². The molecule has 1 aromatic rings. The highest BCUT2D eigenvalue weighted by molar-refractivity contribution is 5.96. The van der Waals surface area contributed by atoms with Crippen LogP contribution in [0.2, 0.25) is 0 Å². The van der Waals surface area contributed by atoms with Crippen LogP contribution < -0.4 is 15.2 Å². The van der Waals surface area contributed by atoms with Gasteiger partial charge in [-0.05, 0) is 12.1 Å². The molecule has 0 aliphatic carbocycles. The Kier molecular flexibility index (Phi) is 3.39. The average molecular weight is 288 g/mol. The zero-order valence-corrected chi connectivity index (χ0v) is 11.3. The van der Waals surface area contributed by atoms with Gasteiger partial charge < -0.3 is 24.7 Å². The number of ether oxygens (including phenoxy) is 2. The lowest BCUT2D eigenvalue weighted by atomic mass is 9.82. The maximum absolute atomic E-state index is 12.4. The van der Waals surface area contributed by atoms with E-state index in [1.807, 2.05) is 0 Å². The number of benzene rings is 1. The lowest BCUT2D eigenvalue weighted by molar-refractivity contribution is -0.313. The molecule has 2 aliphatic heterocycles. The number of methoxy groups -OCH3 is 1. The molecule has 0 saturated carbocycles. The molecule has 2 heterocycles. The third kappa shape index (κ3) is 2.38. The van der Waals surface area contributed by atoms with E-state index in [1.165, 1.54) is 7.11 Å². The number of carbonyl (C=O) groups excluding carboxylic acids is 2. The van der Waals surface area contributed by atoms with Gasteiger partial charge in [0.1, 0.15) is 5.75 Å². The third-order valence-electron chi connectivity index (χ3n) is 3.81. The second kappa shape index (κ2) is 5.21. The van der Waals surface area contributed by atoms with Gasteiger partial charge in [-0.1, -0.05) is 18.2 Å². The lowest BCUT2D eigenvalue weighted by Crippen LogP contribution is -2.45. The van der Waals surface area contributed by atoms with Crippen LogP contribution in [0.25, 0.3) is 0 Å². The Morgan fingerprint density at radius 1 is 1.24 bits per heavy atom. The molecule has 1 amide bonds. The number of nitrogens with one attached hydrogen (secondary N) is 1. The van der Waals surface area contributed by atoms with Crippen LogP contribution in [0.3, 0.4) is 0 Å². The second-order valence-electron chi connectivity index (χ2n) is 5.04. The van der Waals surface area contributed by atoms with Crippen molar-refractivity contribution < 1.29 is 24.2 Å². The van der Waals surface area contributed by atoms with Crippen molar-refractivity contribution in [3.63, 3.8) is 0 Å². The van der Waals surface area contributed by atoms with E-state index >= 15 is 0 Å². The number of carboxylic acids is 1. The van der Waals surface area contributed by atoms with Gasteiger partial charge in [-0.15, -0.1) is 0 Å². The minimum atomic E-state index is -1.27. The molecule has 1 N–H and O–H groups in total. The number of carboxylic acid groups (broad SMARTS) is 1. The molecule has 0 radical (unpaired) electrons. The fourth-order valence-corrected chi connectivity index (χ4v) is 2.83. The van der Waals surface area contributed by atoms with Crippen molar-refractivity contribution in [3.05, 3.63) is 36.4 Å². The Bertz CT molecular complexity index is 612. The maximum Gasteiger partial charge on any atom is 0.231 e. The molecule has 1 aromatic carbocycles. The number of anilines is 1. The molecular formula is C15H14NO5-. The van der Waals surface area contributed by atoms with Crippen molar-refractivity contribution >= 4 is 17.6 Å². The molecule has 0 unspecified atom stereocenters. The van der Waals surface area contributed by atoms with Crippen molar-refractivity contribution in [3.8, 4) is 5.75 Å². The molecule has 4 atom stereocenters. The topological polar surface area (TPSA) is 87.7 Å². The molecule has 110 valence electrons. The molecule has 6 heteroatoms. The fourth-order valence-electron chi connectivity index (χ4n) is 2.83. The van der Waals surface area contributed by atoms with Gasteiger partial charge in [0.2, 0.25) is 5.91 Å². The summed E-state index contributed by atoms with van der Waals surface area (Å²) in [6.07, 6.45) is 2.30. The predicted octanol–water partition coefficient (Wildman–Crippen LogP) is -0.0468. The largest absolute Gasteiger partial charge is 0.550 e. The van der Waals surface area contributed by atoms with E-state index in [0.29, 0.717) is 11.4 Å². The third-order valence-corrected chi connectivity index (χ3v) is 3.81. The zero-order chi connectivity index (χ0) is 15.0. The van der Waals surface area contributed by atoms with Crippen molar-refractivity contribution in [2.24, 2.45) is 11.8 Å². The molecular weight excluding hydrogens is 274 g/mol. The summed E-state index contributed by atoms with van der Waals surface area (Å²) in [5.74, 6) is -2.79. The smallest absolute Gasteiger partial charge is 0.231 e. The van der Waals surface area contributed by atoms with Crippen LogP contribution in [0.5, 0.6) is 5.75 Å². The first-order valence-corrected chi connectivity index (χ1v) is 6.59. The Morgan fingerprint density at radius 3 is 2.62 bits per heavy atom. The standard InChI is InChI=1S/C15H15NO5/c1-20-9-4-2-3-8(7-9)16-14(17)12-10-5-6-11(21-10)13(12)15(18)19/h2-7,10-13H,1H3,(H,16,17)(H,18,19)/p-1/t10-,11+,12+,13+/m1/s1.